The molecule has 0 aromatic rings. The van der Waals surface area contributed by atoms with Gasteiger partial charge >= 0.3 is 5.97 Å². The molecular formula is C4H14O3Si2. The van der Waals surface area contributed by atoms with Crippen LogP contribution < -0.4 is 0 Å². The van der Waals surface area contributed by atoms with Crippen molar-refractivity contribution in [2.75, 3.05) is 0 Å². The monoisotopic (exact) mass is 166 g/mol. The minimum atomic E-state index is -0.741. The van der Waals surface area contributed by atoms with Gasteiger partial charge in [0.15, 0.2) is 0 Å². The van der Waals surface area contributed by atoms with Crippen LogP contribution in [0, 0.1) is 5.92 Å². The summed E-state index contributed by atoms with van der Waals surface area (Å²) in [6.45, 7) is 3.28. The highest BCUT2D eigenvalue weighted by molar-refractivity contribution is 6.15. The highest BCUT2D eigenvalue weighted by atomic mass is 28.3. The Morgan fingerprint density at radius 1 is 1.56 bits per heavy atom. The van der Waals surface area contributed by atoms with E-state index in [-0.39, 0.29) is 5.92 Å². The number of carbonyl (C=O) groups is 1. The highest BCUT2D eigenvalue weighted by Crippen LogP contribution is 1.87. The first-order chi connectivity index (χ1) is 4.06. The first-order valence-corrected chi connectivity index (χ1v) is 4.32. The quantitative estimate of drug-likeness (QED) is 0.472. The van der Waals surface area contributed by atoms with Gasteiger partial charge in [0, 0.05) is 0 Å². The van der Waals surface area contributed by atoms with Gasteiger partial charge in [0.1, 0.15) is 21.0 Å². The zero-order chi connectivity index (χ0) is 7.86. The zero-order valence-electron chi connectivity index (χ0n) is 6.34. The molecule has 5 heteroatoms. The summed E-state index contributed by atoms with van der Waals surface area (Å²) < 4.78 is 4.53. The third-order valence-corrected chi connectivity index (χ3v) is 0.494. The van der Waals surface area contributed by atoms with Crippen LogP contribution in [0.25, 0.3) is 0 Å². The second-order valence-electron chi connectivity index (χ2n) is 1.90. The molecule has 0 aliphatic carbocycles. The molecule has 0 heterocycles. The van der Waals surface area contributed by atoms with Crippen molar-refractivity contribution in [2.24, 2.45) is 5.92 Å². The molecule has 3 nitrogen and oxygen atoms in total. The van der Waals surface area contributed by atoms with Gasteiger partial charge in [-0.25, -0.2) is 0 Å². The molecule has 0 amide bonds. The van der Waals surface area contributed by atoms with Crippen molar-refractivity contribution in [3.63, 3.8) is 0 Å². The molecule has 0 bridgehead atoms. The van der Waals surface area contributed by atoms with E-state index in [1.54, 1.807) is 13.8 Å². The molecule has 0 aromatic heterocycles. The Morgan fingerprint density at radius 3 is 1.67 bits per heavy atom. The number of hydrogen-bond acceptors (Lipinski definition) is 2. The van der Waals surface area contributed by atoms with Crippen LogP contribution in [0.2, 0.25) is 0 Å². The molecule has 0 aromatic carbocycles. The predicted molar refractivity (Wildman–Crippen MR) is 43.4 cm³/mol. The number of carboxylic acids is 1. The van der Waals surface area contributed by atoms with Crippen LogP contribution in [0.5, 0.6) is 0 Å². The third kappa shape index (κ3) is 18.1. The molecule has 1 N–H and O–H groups in total. The molecule has 0 rings (SSSR count). The van der Waals surface area contributed by atoms with Crippen LogP contribution in [0.3, 0.4) is 0 Å². The topological polar surface area (TPSA) is 46.5 Å². The van der Waals surface area contributed by atoms with Crippen molar-refractivity contribution in [1.82, 2.24) is 0 Å². The van der Waals surface area contributed by atoms with Gasteiger partial charge in [-0.3, -0.25) is 4.79 Å². The molecule has 0 aliphatic rings. The smallest absolute Gasteiger partial charge is 0.305 e. The van der Waals surface area contributed by atoms with Crippen molar-refractivity contribution in [2.45, 2.75) is 13.8 Å². The number of carboxylic acid groups (broad SMARTS) is 1. The summed E-state index contributed by atoms with van der Waals surface area (Å²) in [6, 6.07) is 0. The summed E-state index contributed by atoms with van der Waals surface area (Å²) in [6.07, 6.45) is 0. The zero-order valence-corrected chi connectivity index (χ0v) is 10.3. The lowest BCUT2D eigenvalue weighted by atomic mass is 10.2. The van der Waals surface area contributed by atoms with E-state index in [1.165, 1.54) is 0 Å². The van der Waals surface area contributed by atoms with E-state index < -0.39 is 5.97 Å². The van der Waals surface area contributed by atoms with Gasteiger partial charge in [-0.05, 0) is 0 Å². The lowest BCUT2D eigenvalue weighted by molar-refractivity contribution is -0.140. The number of hydrogen-bond donors (Lipinski definition) is 1. The van der Waals surface area contributed by atoms with E-state index in [1.807, 2.05) is 0 Å². The highest BCUT2D eigenvalue weighted by Gasteiger charge is 1.99. The maximum Gasteiger partial charge on any atom is 0.305 e. The SMILES string of the molecule is CC(C)C(=O)O.[SiH3]O[SiH3]. The fourth-order valence-electron chi connectivity index (χ4n) is 0. The van der Waals surface area contributed by atoms with Gasteiger partial charge in [0.2, 0.25) is 0 Å². The minimum absolute atomic E-state index is 0.231. The lowest BCUT2D eigenvalue weighted by Gasteiger charge is -1.89. The van der Waals surface area contributed by atoms with Crippen molar-refractivity contribution in [1.29, 1.82) is 0 Å². The summed E-state index contributed by atoms with van der Waals surface area (Å²) in [5.74, 6) is -0.972. The van der Waals surface area contributed by atoms with E-state index in [9.17, 15) is 4.79 Å². The second-order valence-corrected chi connectivity index (χ2v) is 5.17. The van der Waals surface area contributed by atoms with Crippen molar-refractivity contribution >= 4 is 26.9 Å². The maximum absolute atomic E-state index is 9.70. The summed E-state index contributed by atoms with van der Waals surface area (Å²) in [7, 11) is 1.86. The van der Waals surface area contributed by atoms with E-state index in [0.717, 1.165) is 21.0 Å². The molecular weight excluding hydrogens is 152 g/mol. The Hall–Kier alpha value is -0.136. The first-order valence-electron chi connectivity index (χ1n) is 2.69. The average Bonchev–Trinajstić information content (AvgIpc) is 1.68. The van der Waals surface area contributed by atoms with Crippen LogP contribution in [-0.2, 0) is 8.91 Å². The molecule has 0 unspecified atom stereocenters. The Labute approximate surface area is 61.5 Å². The molecule has 9 heavy (non-hydrogen) atoms. The van der Waals surface area contributed by atoms with Crippen molar-refractivity contribution in [3.05, 3.63) is 0 Å². The number of rotatable bonds is 1. The van der Waals surface area contributed by atoms with Crippen LogP contribution in [0.15, 0.2) is 0 Å². The molecule has 0 saturated carbocycles. The molecule has 0 saturated heterocycles. The fourth-order valence-corrected chi connectivity index (χ4v) is 0. The van der Waals surface area contributed by atoms with Gasteiger partial charge in [-0.1, -0.05) is 13.8 Å². The fraction of sp³-hybridized carbons (Fsp3) is 0.750. The van der Waals surface area contributed by atoms with Gasteiger partial charge < -0.3 is 9.22 Å². The predicted octanol–water partition coefficient (Wildman–Crippen LogP) is -1.71. The molecule has 56 valence electrons. The van der Waals surface area contributed by atoms with Gasteiger partial charge in [-0.15, -0.1) is 0 Å². The standard InChI is InChI=1S/C4H8O2.H6OSi2/c1-3(2)4(5)6;2-1-3/h3H,1-2H3,(H,5,6);2-3H3. The largest absolute Gasteiger partial charge is 0.481 e. The maximum atomic E-state index is 9.70. The van der Waals surface area contributed by atoms with Gasteiger partial charge in [-0.2, -0.15) is 0 Å². The third-order valence-electron chi connectivity index (χ3n) is 0.494. The van der Waals surface area contributed by atoms with Crippen LogP contribution in [-0.4, -0.2) is 32.0 Å². The molecule has 0 radical (unpaired) electrons. The summed E-state index contributed by atoms with van der Waals surface area (Å²) in [5, 5.41) is 7.99. The van der Waals surface area contributed by atoms with Gasteiger partial charge in [0.05, 0.1) is 5.92 Å². The Balaban J connectivity index is 0. The van der Waals surface area contributed by atoms with E-state index in [0.29, 0.717) is 0 Å². The van der Waals surface area contributed by atoms with Crippen molar-refractivity contribution < 1.29 is 14.0 Å². The molecule has 0 spiro atoms. The molecule has 0 fully saturated rings. The van der Waals surface area contributed by atoms with Crippen LogP contribution >= 0.6 is 0 Å². The van der Waals surface area contributed by atoms with Crippen LogP contribution in [0.4, 0.5) is 0 Å². The van der Waals surface area contributed by atoms with Crippen molar-refractivity contribution in [3.8, 4) is 0 Å². The average molecular weight is 166 g/mol. The number of aliphatic carboxylic acids is 1. The Kier molecular flexibility index (Phi) is 10.2. The van der Waals surface area contributed by atoms with E-state index >= 15 is 0 Å². The van der Waals surface area contributed by atoms with E-state index in [4.69, 9.17) is 5.11 Å². The van der Waals surface area contributed by atoms with Crippen LogP contribution in [0.1, 0.15) is 13.8 Å². The normalized spacial score (nSPS) is 8.78. The Morgan fingerprint density at radius 2 is 1.67 bits per heavy atom. The second kappa shape index (κ2) is 7.86. The molecule has 0 aliphatic heterocycles. The summed E-state index contributed by atoms with van der Waals surface area (Å²) in [5.41, 5.74) is 0. The lowest BCUT2D eigenvalue weighted by Crippen LogP contribution is -2.03. The summed E-state index contributed by atoms with van der Waals surface area (Å²) in [4.78, 5) is 9.70. The Bertz CT molecular complexity index is 74.2. The minimum Gasteiger partial charge on any atom is -0.481 e. The summed E-state index contributed by atoms with van der Waals surface area (Å²) >= 11 is 0. The first kappa shape index (κ1) is 11.6. The van der Waals surface area contributed by atoms with E-state index in [2.05, 4.69) is 4.12 Å². The molecule has 0 atom stereocenters. The van der Waals surface area contributed by atoms with Gasteiger partial charge in [0.25, 0.3) is 0 Å².